The minimum atomic E-state index is -1.15. The molecule has 0 aromatic carbocycles. The number of carbonyl (C=O) groups excluding carboxylic acids is 3. The second kappa shape index (κ2) is 9.98. The average molecular weight is 353 g/mol. The highest BCUT2D eigenvalue weighted by atomic mass is 16.5. The zero-order valence-corrected chi connectivity index (χ0v) is 13.5. The van der Waals surface area contributed by atoms with Crippen molar-refractivity contribution in [2.45, 2.75) is 25.3 Å². The molecule has 0 spiro atoms. The van der Waals surface area contributed by atoms with Crippen LogP contribution in [0, 0.1) is 0 Å². The van der Waals surface area contributed by atoms with Gasteiger partial charge in [0, 0.05) is 12.6 Å². The molecule has 1 aromatic rings. The van der Waals surface area contributed by atoms with Gasteiger partial charge < -0.3 is 25.6 Å². The molecule has 0 aliphatic heterocycles. The number of hydrogen-bond acceptors (Lipinski definition) is 7. The normalized spacial score (nSPS) is 11.3. The van der Waals surface area contributed by atoms with Crippen LogP contribution in [0.4, 0.5) is 5.82 Å². The van der Waals surface area contributed by atoms with Gasteiger partial charge in [0.2, 0.25) is 5.91 Å². The van der Waals surface area contributed by atoms with E-state index in [1.807, 2.05) is 0 Å². The van der Waals surface area contributed by atoms with E-state index in [1.165, 1.54) is 25.4 Å². The van der Waals surface area contributed by atoms with E-state index in [9.17, 15) is 19.2 Å². The number of ether oxygens (including phenoxy) is 1. The van der Waals surface area contributed by atoms with Crippen LogP contribution in [0.15, 0.2) is 18.3 Å². The second-order valence-corrected chi connectivity index (χ2v) is 5.01. The summed E-state index contributed by atoms with van der Waals surface area (Å²) in [4.78, 5) is 49.0. The van der Waals surface area contributed by atoms with Crippen LogP contribution >= 0.6 is 0 Å². The number of aromatic nitrogens is 1. The molecule has 136 valence electrons. The number of amides is 2. The molecule has 1 atom stereocenters. The SMILES string of the molecule is COC(=O)CCC(=O)Nc1ccc(C(=O)N[C@H](CO)CC(=O)O)cn1. The zero-order valence-electron chi connectivity index (χ0n) is 13.5. The number of carbonyl (C=O) groups is 4. The van der Waals surface area contributed by atoms with Gasteiger partial charge in [0.1, 0.15) is 5.82 Å². The van der Waals surface area contributed by atoms with E-state index in [0.717, 1.165) is 0 Å². The van der Waals surface area contributed by atoms with Crippen molar-refractivity contribution in [1.29, 1.82) is 0 Å². The second-order valence-electron chi connectivity index (χ2n) is 5.01. The molecular formula is C15H19N3O7. The van der Waals surface area contributed by atoms with Crippen LogP contribution in [0.1, 0.15) is 29.6 Å². The number of hydrogen-bond donors (Lipinski definition) is 4. The highest BCUT2D eigenvalue weighted by Crippen LogP contribution is 2.07. The number of carboxylic acids is 1. The van der Waals surface area contributed by atoms with Crippen molar-refractivity contribution < 1.29 is 34.1 Å². The molecule has 4 N–H and O–H groups in total. The highest BCUT2D eigenvalue weighted by Gasteiger charge is 2.16. The quantitative estimate of drug-likeness (QED) is 0.435. The first kappa shape index (κ1) is 20.0. The lowest BCUT2D eigenvalue weighted by atomic mass is 10.2. The maximum absolute atomic E-state index is 11.9. The smallest absolute Gasteiger partial charge is 0.306 e. The Kier molecular flexibility index (Phi) is 8.00. The van der Waals surface area contributed by atoms with Crippen molar-refractivity contribution in [2.24, 2.45) is 0 Å². The van der Waals surface area contributed by atoms with Crippen molar-refractivity contribution in [3.63, 3.8) is 0 Å². The molecule has 0 aliphatic rings. The number of methoxy groups -OCH3 is 1. The van der Waals surface area contributed by atoms with Crippen molar-refractivity contribution in [1.82, 2.24) is 10.3 Å². The summed E-state index contributed by atoms with van der Waals surface area (Å²) >= 11 is 0. The van der Waals surface area contributed by atoms with Gasteiger partial charge in [-0.05, 0) is 12.1 Å². The average Bonchev–Trinajstić information content (AvgIpc) is 2.59. The maximum Gasteiger partial charge on any atom is 0.306 e. The van der Waals surface area contributed by atoms with Crippen LogP contribution < -0.4 is 10.6 Å². The number of anilines is 1. The lowest BCUT2D eigenvalue weighted by Gasteiger charge is -2.14. The third kappa shape index (κ3) is 7.40. The Morgan fingerprint density at radius 3 is 2.48 bits per heavy atom. The fraction of sp³-hybridized carbons (Fsp3) is 0.400. The third-order valence-electron chi connectivity index (χ3n) is 3.05. The van der Waals surface area contributed by atoms with Gasteiger partial charge in [-0.15, -0.1) is 0 Å². The molecule has 0 fully saturated rings. The molecule has 1 rings (SSSR count). The number of aliphatic hydroxyl groups excluding tert-OH is 1. The van der Waals surface area contributed by atoms with Gasteiger partial charge in [0.15, 0.2) is 0 Å². The van der Waals surface area contributed by atoms with Gasteiger partial charge in [0.05, 0.1) is 38.2 Å². The molecule has 10 nitrogen and oxygen atoms in total. The largest absolute Gasteiger partial charge is 0.481 e. The predicted molar refractivity (Wildman–Crippen MR) is 84.7 cm³/mol. The molecule has 2 amide bonds. The molecule has 0 unspecified atom stereocenters. The van der Waals surface area contributed by atoms with Crippen LogP contribution in [0.3, 0.4) is 0 Å². The summed E-state index contributed by atoms with van der Waals surface area (Å²) in [5.74, 6) is -2.50. The molecule has 0 radical (unpaired) electrons. The monoisotopic (exact) mass is 353 g/mol. The number of aliphatic hydroxyl groups is 1. The molecule has 1 heterocycles. The summed E-state index contributed by atoms with van der Waals surface area (Å²) in [6.45, 7) is -0.514. The minimum absolute atomic E-state index is 0.0606. The summed E-state index contributed by atoms with van der Waals surface area (Å²) in [6.07, 6.45) is 0.656. The minimum Gasteiger partial charge on any atom is -0.481 e. The van der Waals surface area contributed by atoms with E-state index in [0.29, 0.717) is 0 Å². The lowest BCUT2D eigenvalue weighted by molar-refractivity contribution is -0.141. The highest BCUT2D eigenvalue weighted by molar-refractivity contribution is 5.95. The van der Waals surface area contributed by atoms with Gasteiger partial charge in [-0.3, -0.25) is 19.2 Å². The van der Waals surface area contributed by atoms with Crippen LogP contribution in [-0.2, 0) is 19.1 Å². The summed E-state index contributed by atoms with van der Waals surface area (Å²) < 4.78 is 4.42. The van der Waals surface area contributed by atoms with Gasteiger partial charge in [-0.25, -0.2) is 4.98 Å². The lowest BCUT2D eigenvalue weighted by Crippen LogP contribution is -2.39. The molecule has 10 heteroatoms. The predicted octanol–water partition coefficient (Wildman–Crippen LogP) is -0.461. The third-order valence-corrected chi connectivity index (χ3v) is 3.05. The summed E-state index contributed by atoms with van der Waals surface area (Å²) in [5, 5.41) is 22.5. The number of nitrogens with zero attached hydrogens (tertiary/aromatic N) is 1. The van der Waals surface area contributed by atoms with E-state index in [-0.39, 0.29) is 24.2 Å². The van der Waals surface area contributed by atoms with Gasteiger partial charge in [0.25, 0.3) is 5.91 Å². The van der Waals surface area contributed by atoms with Gasteiger partial charge in [-0.1, -0.05) is 0 Å². The Morgan fingerprint density at radius 2 is 1.96 bits per heavy atom. The van der Waals surface area contributed by atoms with E-state index in [1.54, 1.807) is 0 Å². The molecule has 0 aliphatic carbocycles. The molecule has 0 saturated carbocycles. The standard InChI is InChI=1S/C15H19N3O7/c1-25-14(23)5-4-12(20)18-11-3-2-9(7-16-11)15(24)17-10(8-19)6-13(21)22/h2-3,7,10,19H,4-6,8H2,1H3,(H,17,24)(H,21,22)(H,16,18,20)/t10-/m0/s1. The van der Waals surface area contributed by atoms with Crippen molar-refractivity contribution in [3.05, 3.63) is 23.9 Å². The van der Waals surface area contributed by atoms with Crippen LogP contribution in [0.5, 0.6) is 0 Å². The zero-order chi connectivity index (χ0) is 18.8. The number of esters is 1. The Bertz CT molecular complexity index is 631. The van der Waals surface area contributed by atoms with Crippen molar-refractivity contribution in [3.8, 4) is 0 Å². The molecular weight excluding hydrogens is 334 g/mol. The fourth-order valence-electron chi connectivity index (χ4n) is 1.77. The van der Waals surface area contributed by atoms with Crippen LogP contribution in [0.25, 0.3) is 0 Å². The van der Waals surface area contributed by atoms with E-state index >= 15 is 0 Å². The first-order valence-electron chi connectivity index (χ1n) is 7.32. The molecule has 0 saturated heterocycles. The van der Waals surface area contributed by atoms with E-state index in [4.69, 9.17) is 10.2 Å². The molecule has 0 bridgehead atoms. The fourth-order valence-corrected chi connectivity index (χ4v) is 1.77. The van der Waals surface area contributed by atoms with Crippen LogP contribution in [-0.4, -0.2) is 58.7 Å². The Labute approximate surface area is 143 Å². The summed E-state index contributed by atoms with van der Waals surface area (Å²) in [5.41, 5.74) is 0.136. The van der Waals surface area contributed by atoms with Crippen molar-refractivity contribution in [2.75, 3.05) is 19.0 Å². The number of pyridine rings is 1. The molecule has 1 aromatic heterocycles. The summed E-state index contributed by atoms with van der Waals surface area (Å²) in [6, 6.07) is 1.85. The topological polar surface area (TPSA) is 155 Å². The maximum atomic E-state index is 11.9. The van der Waals surface area contributed by atoms with Crippen LogP contribution in [0.2, 0.25) is 0 Å². The van der Waals surface area contributed by atoms with E-state index < -0.39 is 42.8 Å². The number of aliphatic carboxylic acids is 1. The Hall–Kier alpha value is -3.01. The number of rotatable bonds is 9. The van der Waals surface area contributed by atoms with E-state index in [2.05, 4.69) is 20.4 Å². The van der Waals surface area contributed by atoms with Gasteiger partial charge >= 0.3 is 11.9 Å². The first-order chi connectivity index (χ1) is 11.8. The summed E-state index contributed by atoms with van der Waals surface area (Å²) in [7, 11) is 1.23. The van der Waals surface area contributed by atoms with Gasteiger partial charge in [-0.2, -0.15) is 0 Å². The first-order valence-corrected chi connectivity index (χ1v) is 7.32. The Morgan fingerprint density at radius 1 is 1.24 bits per heavy atom. The Balaban J connectivity index is 2.57. The van der Waals surface area contributed by atoms with Crippen molar-refractivity contribution >= 4 is 29.6 Å². The number of nitrogens with one attached hydrogen (secondary N) is 2. The molecule has 25 heavy (non-hydrogen) atoms. The number of carboxylic acid groups (broad SMARTS) is 1.